The molecule has 0 aromatic heterocycles. The Kier molecular flexibility index (Phi) is 4.65. The Morgan fingerprint density at radius 1 is 1.14 bits per heavy atom. The first kappa shape index (κ1) is 15.3. The van der Waals surface area contributed by atoms with Crippen LogP contribution in [0.15, 0.2) is 36.4 Å². The van der Waals surface area contributed by atoms with Crippen LogP contribution in [0.4, 0.5) is 0 Å². The maximum Gasteiger partial charge on any atom is 0.124 e. The van der Waals surface area contributed by atoms with Crippen LogP contribution in [0.2, 0.25) is 0 Å². The summed E-state index contributed by atoms with van der Waals surface area (Å²) in [6, 6.07) is 12.7. The molecule has 3 rings (SSSR count). The van der Waals surface area contributed by atoms with Gasteiger partial charge in [0.2, 0.25) is 0 Å². The lowest BCUT2D eigenvalue weighted by Gasteiger charge is -2.30. The molecule has 2 aromatic carbocycles. The Hall–Kier alpha value is -1.58. The fraction of sp³-hybridized carbons (Fsp3) is 0.474. The molecular weight excluding hydrogens is 274 g/mol. The molecule has 0 bridgehead atoms. The predicted octanol–water partition coefficient (Wildman–Crippen LogP) is 3.58. The largest absolute Gasteiger partial charge is 0.491 e. The number of rotatable bonds is 4. The molecule has 1 aliphatic rings. The van der Waals surface area contributed by atoms with Gasteiger partial charge in [-0.15, -0.1) is 0 Å². The lowest BCUT2D eigenvalue weighted by Crippen LogP contribution is -2.35. The van der Waals surface area contributed by atoms with E-state index in [1.165, 1.54) is 16.3 Å². The molecule has 0 unspecified atom stereocenters. The number of aliphatic hydroxyl groups is 1. The van der Waals surface area contributed by atoms with Gasteiger partial charge in [-0.05, 0) is 43.5 Å². The van der Waals surface area contributed by atoms with Crippen LogP contribution < -0.4 is 4.74 Å². The molecule has 0 aliphatic carbocycles. The zero-order valence-electron chi connectivity index (χ0n) is 13.5. The normalized spacial score (nSPS) is 17.3. The molecule has 1 aliphatic heterocycles. The molecule has 2 aromatic rings. The molecule has 1 saturated heterocycles. The molecule has 3 nitrogen and oxygen atoms in total. The number of benzene rings is 2. The number of nitrogens with zero attached hydrogens (tertiary/aromatic N) is 1. The third kappa shape index (κ3) is 3.42. The topological polar surface area (TPSA) is 32.7 Å². The van der Waals surface area contributed by atoms with E-state index in [0.29, 0.717) is 0 Å². The Labute approximate surface area is 132 Å². The highest BCUT2D eigenvalue weighted by molar-refractivity contribution is 5.87. The minimum absolute atomic E-state index is 0.129. The van der Waals surface area contributed by atoms with Crippen molar-refractivity contribution in [3.05, 3.63) is 42.0 Å². The van der Waals surface area contributed by atoms with Crippen LogP contribution in [0.5, 0.6) is 5.75 Å². The van der Waals surface area contributed by atoms with Gasteiger partial charge in [-0.25, -0.2) is 0 Å². The fourth-order valence-electron chi connectivity index (χ4n) is 3.14. The Morgan fingerprint density at radius 2 is 1.86 bits per heavy atom. The molecule has 22 heavy (non-hydrogen) atoms. The second-order valence-electron chi connectivity index (χ2n) is 6.44. The first-order chi connectivity index (χ1) is 10.6. The monoisotopic (exact) mass is 299 g/mol. The molecule has 118 valence electrons. The first-order valence-electron chi connectivity index (χ1n) is 8.21. The van der Waals surface area contributed by atoms with E-state index in [0.717, 1.165) is 38.2 Å². The maximum atomic E-state index is 9.69. The zero-order valence-corrected chi connectivity index (χ0v) is 13.5. The van der Waals surface area contributed by atoms with Gasteiger partial charge in [0.15, 0.2) is 0 Å². The quantitative estimate of drug-likeness (QED) is 0.936. The van der Waals surface area contributed by atoms with Gasteiger partial charge in [0.1, 0.15) is 5.75 Å². The van der Waals surface area contributed by atoms with Crippen LogP contribution in [-0.2, 0) is 6.54 Å². The highest BCUT2D eigenvalue weighted by atomic mass is 16.5. The lowest BCUT2D eigenvalue weighted by molar-refractivity contribution is 0.0788. The Bertz CT molecular complexity index is 630. The molecule has 0 amide bonds. The van der Waals surface area contributed by atoms with Crippen molar-refractivity contribution in [1.82, 2.24) is 4.90 Å². The van der Waals surface area contributed by atoms with Gasteiger partial charge in [-0.1, -0.05) is 30.3 Å². The predicted molar refractivity (Wildman–Crippen MR) is 90.2 cm³/mol. The fourth-order valence-corrected chi connectivity index (χ4v) is 3.14. The Balaban J connectivity index is 1.93. The summed E-state index contributed by atoms with van der Waals surface area (Å²) in [5.41, 5.74) is 1.27. The van der Waals surface area contributed by atoms with E-state index in [1.807, 2.05) is 0 Å². The van der Waals surface area contributed by atoms with Gasteiger partial charge < -0.3 is 9.84 Å². The maximum absolute atomic E-state index is 9.69. The summed E-state index contributed by atoms with van der Waals surface area (Å²) < 4.78 is 6.04. The number of likely N-dealkylation sites (tertiary alicyclic amines) is 1. The van der Waals surface area contributed by atoms with Gasteiger partial charge in [-0.3, -0.25) is 4.90 Å². The molecule has 0 atom stereocenters. The van der Waals surface area contributed by atoms with Gasteiger partial charge in [0.25, 0.3) is 0 Å². The molecular formula is C19H25NO2. The van der Waals surface area contributed by atoms with Crippen LogP contribution in [0, 0.1) is 0 Å². The van der Waals surface area contributed by atoms with Crippen molar-refractivity contribution < 1.29 is 9.84 Å². The number of ether oxygens (including phenoxy) is 1. The SMILES string of the molecule is CC(C)Oc1ccc2ccccc2c1CN1CCC(O)CC1. The summed E-state index contributed by atoms with van der Waals surface area (Å²) >= 11 is 0. The summed E-state index contributed by atoms with van der Waals surface area (Å²) in [5.74, 6) is 0.986. The molecule has 0 radical (unpaired) electrons. The summed E-state index contributed by atoms with van der Waals surface area (Å²) in [5, 5.41) is 12.2. The standard InChI is InChI=1S/C19H25NO2/c1-14(2)22-19-8-7-15-5-3-4-6-17(15)18(19)13-20-11-9-16(21)10-12-20/h3-8,14,16,21H,9-13H2,1-2H3. The van der Waals surface area contributed by atoms with E-state index in [9.17, 15) is 5.11 Å². The highest BCUT2D eigenvalue weighted by Gasteiger charge is 2.19. The second-order valence-corrected chi connectivity index (χ2v) is 6.44. The lowest BCUT2D eigenvalue weighted by atomic mass is 10.0. The van der Waals surface area contributed by atoms with E-state index in [4.69, 9.17) is 4.74 Å². The van der Waals surface area contributed by atoms with Crippen molar-refractivity contribution in [3.63, 3.8) is 0 Å². The van der Waals surface area contributed by atoms with Crippen LogP contribution in [0.25, 0.3) is 10.8 Å². The zero-order chi connectivity index (χ0) is 15.5. The van der Waals surface area contributed by atoms with Gasteiger partial charge >= 0.3 is 0 Å². The average molecular weight is 299 g/mol. The van der Waals surface area contributed by atoms with Crippen molar-refractivity contribution >= 4 is 10.8 Å². The highest BCUT2D eigenvalue weighted by Crippen LogP contribution is 2.30. The third-order valence-electron chi connectivity index (χ3n) is 4.30. The van der Waals surface area contributed by atoms with Gasteiger partial charge in [-0.2, -0.15) is 0 Å². The van der Waals surface area contributed by atoms with E-state index in [-0.39, 0.29) is 12.2 Å². The molecule has 1 fully saturated rings. The Morgan fingerprint density at radius 3 is 2.59 bits per heavy atom. The van der Waals surface area contributed by atoms with Crippen molar-refractivity contribution in [1.29, 1.82) is 0 Å². The minimum atomic E-state index is -0.129. The van der Waals surface area contributed by atoms with Crippen LogP contribution in [0.1, 0.15) is 32.3 Å². The van der Waals surface area contributed by atoms with Crippen molar-refractivity contribution in [2.24, 2.45) is 0 Å². The van der Waals surface area contributed by atoms with E-state index in [2.05, 4.69) is 55.1 Å². The molecule has 0 saturated carbocycles. The number of piperidine rings is 1. The smallest absolute Gasteiger partial charge is 0.124 e. The number of fused-ring (bicyclic) bond motifs is 1. The summed E-state index contributed by atoms with van der Waals surface area (Å²) in [4.78, 5) is 2.42. The third-order valence-corrected chi connectivity index (χ3v) is 4.30. The van der Waals surface area contributed by atoms with Crippen LogP contribution >= 0.6 is 0 Å². The summed E-state index contributed by atoms with van der Waals surface area (Å²) in [6.07, 6.45) is 1.77. The molecule has 0 spiro atoms. The van der Waals surface area contributed by atoms with Crippen molar-refractivity contribution in [2.45, 2.75) is 45.4 Å². The van der Waals surface area contributed by atoms with Crippen LogP contribution in [-0.4, -0.2) is 35.3 Å². The number of hydrogen-bond donors (Lipinski definition) is 1. The average Bonchev–Trinajstić information content (AvgIpc) is 2.51. The van der Waals surface area contributed by atoms with E-state index in [1.54, 1.807) is 0 Å². The summed E-state index contributed by atoms with van der Waals surface area (Å²) in [6.45, 7) is 6.92. The first-order valence-corrected chi connectivity index (χ1v) is 8.21. The van der Waals surface area contributed by atoms with Gasteiger partial charge in [0.05, 0.1) is 12.2 Å². The van der Waals surface area contributed by atoms with Crippen molar-refractivity contribution in [2.75, 3.05) is 13.1 Å². The second kappa shape index (κ2) is 6.67. The molecule has 1 N–H and O–H groups in total. The van der Waals surface area contributed by atoms with E-state index < -0.39 is 0 Å². The molecule has 1 heterocycles. The van der Waals surface area contributed by atoms with Gasteiger partial charge in [0, 0.05) is 25.2 Å². The number of hydrogen-bond acceptors (Lipinski definition) is 3. The van der Waals surface area contributed by atoms with Crippen LogP contribution in [0.3, 0.4) is 0 Å². The summed E-state index contributed by atoms with van der Waals surface area (Å²) in [7, 11) is 0. The molecule has 3 heteroatoms. The van der Waals surface area contributed by atoms with E-state index >= 15 is 0 Å². The van der Waals surface area contributed by atoms with Crippen molar-refractivity contribution in [3.8, 4) is 5.75 Å². The number of aliphatic hydroxyl groups excluding tert-OH is 1. The minimum Gasteiger partial charge on any atom is -0.491 e.